The molecule has 6 aromatic rings. The van der Waals surface area contributed by atoms with Crippen LogP contribution in [-0.4, -0.2) is 44.2 Å². The van der Waals surface area contributed by atoms with Crippen LogP contribution in [0.1, 0.15) is 160 Å². The summed E-state index contributed by atoms with van der Waals surface area (Å²) in [6, 6.07) is 36.8. The van der Waals surface area contributed by atoms with Gasteiger partial charge in [0, 0.05) is 37.5 Å². The smallest absolute Gasteiger partial charge is 0.343 e. The molecule has 0 bridgehead atoms. The van der Waals surface area contributed by atoms with Gasteiger partial charge in [-0.2, -0.15) is 0 Å². The Morgan fingerprint density at radius 1 is 0.486 bits per heavy atom. The van der Waals surface area contributed by atoms with E-state index >= 15 is 0 Å². The zero-order chi connectivity index (χ0) is 52.7. The van der Waals surface area contributed by atoms with Crippen LogP contribution in [0.3, 0.4) is 0 Å². The van der Waals surface area contributed by atoms with Gasteiger partial charge in [-0.3, -0.25) is 10.1 Å². The van der Waals surface area contributed by atoms with Gasteiger partial charge in [-0.05, 0) is 126 Å². The first-order chi connectivity index (χ1) is 35.9. The Morgan fingerprint density at radius 3 is 1.30 bits per heavy atom. The lowest BCUT2D eigenvalue weighted by Crippen LogP contribution is -2.13. The molecule has 10 heteroatoms. The number of ether oxygens (including phenoxy) is 4. The highest BCUT2D eigenvalue weighted by molar-refractivity contribution is 5.94. The summed E-state index contributed by atoms with van der Waals surface area (Å²) < 4.78 is 23.8. The highest BCUT2D eigenvalue weighted by atomic mass is 16.6. The minimum Gasteiger partial charge on any atom is -0.494 e. The topological polar surface area (TPSA) is 117 Å². The third-order valence-corrected chi connectivity index (χ3v) is 13.4. The molecular formula is C64H76N2O8. The van der Waals surface area contributed by atoms with Crippen LogP contribution in [0.4, 0.5) is 11.4 Å². The highest BCUT2D eigenvalue weighted by Gasteiger charge is 2.22. The number of unbranched alkanes of at least 4 members (excludes halogenated alkanes) is 14. The molecule has 0 radical (unpaired) electrons. The predicted molar refractivity (Wildman–Crippen MR) is 302 cm³/mol. The summed E-state index contributed by atoms with van der Waals surface area (Å²) in [7, 11) is 3.84. The van der Waals surface area contributed by atoms with Crippen LogP contribution in [0.25, 0.3) is 34.4 Å². The first-order valence-corrected chi connectivity index (χ1v) is 26.8. The standard InChI is InChI=1S/C64H76N2O8/c1-7-9-11-13-15-17-19-21-41-71-57-37-33-51(34-38-57)49-23-27-53(28-24-49)63(67)73-61-46-59(65(5)6)48(4)43-56(61)32-31-55-45-62(60(66(69)70)44-47(55)3)74-64(68)54-29-25-50(26-30-54)52-35-39-58(40-36-52)72-42-22-20-18-16-14-12-10-8-2/h23-40,43-46H,7-22,41-42H2,1-6H3/b32-31+. The molecular weight excluding hydrogens is 925 g/mol. The fourth-order valence-electron chi connectivity index (χ4n) is 8.93. The molecule has 6 rings (SSSR count). The lowest BCUT2D eigenvalue weighted by molar-refractivity contribution is -0.385. The Hall–Kier alpha value is -7.20. The Labute approximate surface area is 439 Å². The maximum Gasteiger partial charge on any atom is 0.343 e. The van der Waals surface area contributed by atoms with Crippen molar-refractivity contribution >= 4 is 35.5 Å². The molecule has 0 fully saturated rings. The van der Waals surface area contributed by atoms with E-state index in [1.807, 2.05) is 111 Å². The Bertz CT molecular complexity index is 2740. The first kappa shape index (κ1) is 56.1. The van der Waals surface area contributed by atoms with Crippen LogP contribution in [0.15, 0.2) is 121 Å². The van der Waals surface area contributed by atoms with E-state index in [1.54, 1.807) is 43.3 Å². The van der Waals surface area contributed by atoms with Gasteiger partial charge in [-0.15, -0.1) is 0 Å². The number of carbonyl (C=O) groups excluding carboxylic acids is 2. The number of benzene rings is 6. The van der Waals surface area contributed by atoms with Crippen molar-refractivity contribution in [3.05, 3.63) is 165 Å². The van der Waals surface area contributed by atoms with Gasteiger partial charge in [0.05, 0.1) is 29.3 Å². The van der Waals surface area contributed by atoms with E-state index in [1.165, 1.54) is 102 Å². The number of nitro benzene ring substituents is 1. The highest BCUT2D eigenvalue weighted by Crippen LogP contribution is 2.35. The van der Waals surface area contributed by atoms with Crippen molar-refractivity contribution in [1.82, 2.24) is 0 Å². The quantitative estimate of drug-likeness (QED) is 0.0109. The number of hydrogen-bond acceptors (Lipinski definition) is 9. The van der Waals surface area contributed by atoms with Gasteiger partial charge in [-0.25, -0.2) is 9.59 Å². The molecule has 0 aliphatic heterocycles. The molecule has 0 spiro atoms. The summed E-state index contributed by atoms with van der Waals surface area (Å²) in [6.07, 6.45) is 23.6. The van der Waals surface area contributed by atoms with E-state index in [2.05, 4.69) is 13.8 Å². The third kappa shape index (κ3) is 17.2. The minimum absolute atomic E-state index is 0.190. The van der Waals surface area contributed by atoms with Gasteiger partial charge in [-0.1, -0.05) is 164 Å². The number of hydrogen-bond donors (Lipinski definition) is 0. The van der Waals surface area contributed by atoms with Crippen LogP contribution in [-0.2, 0) is 0 Å². The van der Waals surface area contributed by atoms with Gasteiger partial charge in [0.15, 0.2) is 0 Å². The largest absolute Gasteiger partial charge is 0.494 e. The Balaban J connectivity index is 1.08. The van der Waals surface area contributed by atoms with Crippen LogP contribution in [0.5, 0.6) is 23.0 Å². The van der Waals surface area contributed by atoms with E-state index < -0.39 is 16.9 Å². The van der Waals surface area contributed by atoms with Crippen molar-refractivity contribution in [1.29, 1.82) is 0 Å². The van der Waals surface area contributed by atoms with Gasteiger partial charge in [0.25, 0.3) is 0 Å². The monoisotopic (exact) mass is 1000 g/mol. The fraction of sp³-hybridized carbons (Fsp3) is 0.375. The van der Waals surface area contributed by atoms with E-state index in [0.717, 1.165) is 57.8 Å². The average Bonchev–Trinajstić information content (AvgIpc) is 3.40. The van der Waals surface area contributed by atoms with Crippen LogP contribution >= 0.6 is 0 Å². The third-order valence-electron chi connectivity index (χ3n) is 13.4. The van der Waals surface area contributed by atoms with Crippen molar-refractivity contribution in [2.75, 3.05) is 32.2 Å². The second kappa shape index (κ2) is 29.5. The number of aryl methyl sites for hydroxylation is 2. The Kier molecular flexibility index (Phi) is 22.4. The average molecular weight is 1000 g/mol. The van der Waals surface area contributed by atoms with Crippen molar-refractivity contribution in [3.63, 3.8) is 0 Å². The van der Waals surface area contributed by atoms with Crippen LogP contribution < -0.4 is 23.8 Å². The number of esters is 2. The summed E-state index contributed by atoms with van der Waals surface area (Å²) in [5, 5.41) is 12.3. The number of nitrogens with zero attached hydrogens (tertiary/aromatic N) is 2. The molecule has 74 heavy (non-hydrogen) atoms. The van der Waals surface area contributed by atoms with Crippen molar-refractivity contribution in [2.45, 2.75) is 130 Å². The fourth-order valence-corrected chi connectivity index (χ4v) is 8.93. The second-order valence-electron chi connectivity index (χ2n) is 19.5. The first-order valence-electron chi connectivity index (χ1n) is 26.8. The van der Waals surface area contributed by atoms with Crippen molar-refractivity contribution < 1.29 is 33.5 Å². The molecule has 0 N–H and O–H groups in total. The van der Waals surface area contributed by atoms with E-state index in [-0.39, 0.29) is 17.0 Å². The molecule has 0 unspecified atom stereocenters. The zero-order valence-corrected chi connectivity index (χ0v) is 44.6. The maximum atomic E-state index is 13.7. The predicted octanol–water partition coefficient (Wildman–Crippen LogP) is 17.3. The van der Waals surface area contributed by atoms with E-state index in [0.29, 0.717) is 41.2 Å². The molecule has 0 aliphatic rings. The lowest BCUT2D eigenvalue weighted by atomic mass is 10.0. The van der Waals surface area contributed by atoms with Gasteiger partial charge in [0.2, 0.25) is 5.75 Å². The molecule has 0 saturated heterocycles. The summed E-state index contributed by atoms with van der Waals surface area (Å²) in [6.45, 7) is 9.60. The van der Waals surface area contributed by atoms with Gasteiger partial charge in [0.1, 0.15) is 17.2 Å². The Morgan fingerprint density at radius 2 is 0.878 bits per heavy atom. The molecule has 6 aromatic carbocycles. The summed E-state index contributed by atoms with van der Waals surface area (Å²) in [4.78, 5) is 40.9. The molecule has 0 heterocycles. The van der Waals surface area contributed by atoms with E-state index in [9.17, 15) is 19.7 Å². The van der Waals surface area contributed by atoms with Gasteiger partial charge >= 0.3 is 17.6 Å². The minimum atomic E-state index is -0.729. The summed E-state index contributed by atoms with van der Waals surface area (Å²) in [5.74, 6) is 0.550. The van der Waals surface area contributed by atoms with Crippen LogP contribution in [0, 0.1) is 24.0 Å². The maximum absolute atomic E-state index is 13.7. The zero-order valence-electron chi connectivity index (χ0n) is 44.6. The van der Waals surface area contributed by atoms with Crippen molar-refractivity contribution in [2.24, 2.45) is 0 Å². The van der Waals surface area contributed by atoms with Crippen molar-refractivity contribution in [3.8, 4) is 45.3 Å². The number of carbonyl (C=O) groups is 2. The summed E-state index contributed by atoms with van der Waals surface area (Å²) >= 11 is 0. The molecule has 0 atom stereocenters. The SMILES string of the molecule is CCCCCCCCCCOc1ccc(-c2ccc(C(=O)Oc3cc(N(C)C)c(C)cc3/C=C/c3cc(OC(=O)c4ccc(-c5ccc(OCCCCCCCCCC)cc5)cc4)c([N+](=O)[O-])cc3C)cc2)cc1. The lowest BCUT2D eigenvalue weighted by Gasteiger charge is -2.19. The molecule has 0 amide bonds. The van der Waals surface area contributed by atoms with Crippen LogP contribution in [0.2, 0.25) is 0 Å². The number of anilines is 1. The van der Waals surface area contributed by atoms with E-state index in [4.69, 9.17) is 18.9 Å². The summed E-state index contributed by atoms with van der Waals surface area (Å²) in [5.41, 5.74) is 7.69. The molecule has 0 aromatic heterocycles. The normalized spacial score (nSPS) is 11.2. The second-order valence-corrected chi connectivity index (χ2v) is 19.5. The van der Waals surface area contributed by atoms with Gasteiger partial charge < -0.3 is 23.8 Å². The molecule has 0 saturated carbocycles. The molecule has 0 aliphatic carbocycles. The number of nitro groups is 1. The molecule has 390 valence electrons. The number of rotatable bonds is 30. The molecule has 10 nitrogen and oxygen atoms in total.